The summed E-state index contributed by atoms with van der Waals surface area (Å²) in [6.45, 7) is 5.73. The maximum absolute atomic E-state index is 12.8. The van der Waals surface area contributed by atoms with Crippen LogP contribution in [-0.4, -0.2) is 57.9 Å². The van der Waals surface area contributed by atoms with Gasteiger partial charge in [-0.25, -0.2) is 0 Å². The highest BCUT2D eigenvalue weighted by atomic mass is 16.4. The Balaban J connectivity index is 1.63. The van der Waals surface area contributed by atoms with Crippen LogP contribution < -0.4 is 0 Å². The quantitative estimate of drug-likeness (QED) is 0.851. The van der Waals surface area contributed by atoms with Gasteiger partial charge in [-0.15, -0.1) is 0 Å². The second-order valence-corrected chi connectivity index (χ2v) is 7.88. The van der Waals surface area contributed by atoms with Gasteiger partial charge in [0.05, 0.1) is 11.5 Å². The van der Waals surface area contributed by atoms with E-state index in [1.807, 2.05) is 23.6 Å². The minimum atomic E-state index is -0.792. The van der Waals surface area contributed by atoms with Crippen molar-refractivity contribution in [1.29, 1.82) is 0 Å². The predicted octanol–water partition coefficient (Wildman–Crippen LogP) is 1.35. The summed E-state index contributed by atoms with van der Waals surface area (Å²) < 4.78 is 0. The molecule has 1 N–H and O–H groups in total. The summed E-state index contributed by atoms with van der Waals surface area (Å²) in [4.78, 5) is 40.0. The molecular weight excluding hydrogens is 296 g/mol. The number of aliphatic carboxylic acids is 1. The molecule has 0 spiro atoms. The predicted molar refractivity (Wildman–Crippen MR) is 83.6 cm³/mol. The van der Waals surface area contributed by atoms with Crippen molar-refractivity contribution in [1.82, 2.24) is 9.80 Å². The van der Waals surface area contributed by atoms with Crippen LogP contribution in [0.4, 0.5) is 0 Å². The Morgan fingerprint density at radius 3 is 2.04 bits per heavy atom. The van der Waals surface area contributed by atoms with Crippen molar-refractivity contribution < 1.29 is 19.5 Å². The van der Waals surface area contributed by atoms with E-state index in [4.69, 9.17) is 5.11 Å². The third-order valence-corrected chi connectivity index (χ3v) is 5.54. The maximum atomic E-state index is 12.8. The first kappa shape index (κ1) is 16.3. The highest BCUT2D eigenvalue weighted by Crippen LogP contribution is 2.36. The molecule has 3 fully saturated rings. The lowest BCUT2D eigenvalue weighted by Gasteiger charge is -2.48. The molecule has 2 amide bonds. The van der Waals surface area contributed by atoms with Crippen molar-refractivity contribution in [2.75, 3.05) is 19.6 Å². The SMILES string of the molecule is CC1(C)CN(C(=O)C2CC2)CCN1C(=O)[C@@H]1CC[C@H](C(=O)O)C1. The minimum Gasteiger partial charge on any atom is -0.481 e. The van der Waals surface area contributed by atoms with E-state index in [1.165, 1.54) is 0 Å². The molecule has 0 aromatic heterocycles. The molecule has 1 heterocycles. The molecule has 0 radical (unpaired) electrons. The van der Waals surface area contributed by atoms with Crippen LogP contribution in [0, 0.1) is 17.8 Å². The van der Waals surface area contributed by atoms with Gasteiger partial charge < -0.3 is 14.9 Å². The number of carboxylic acid groups (broad SMARTS) is 1. The number of carbonyl (C=O) groups excluding carboxylic acids is 2. The summed E-state index contributed by atoms with van der Waals surface area (Å²) in [6, 6.07) is 0. The number of carbonyl (C=O) groups is 3. The summed E-state index contributed by atoms with van der Waals surface area (Å²) in [5.41, 5.74) is -0.388. The van der Waals surface area contributed by atoms with E-state index < -0.39 is 5.97 Å². The lowest BCUT2D eigenvalue weighted by molar-refractivity contribution is -0.151. The second-order valence-electron chi connectivity index (χ2n) is 7.88. The van der Waals surface area contributed by atoms with Gasteiger partial charge in [-0.05, 0) is 46.0 Å². The average Bonchev–Trinajstić information content (AvgIpc) is 3.20. The standard InChI is InChI=1S/C17H26N2O4/c1-17(2)10-18(14(20)11-3-4-11)7-8-19(17)15(21)12-5-6-13(9-12)16(22)23/h11-13H,3-10H2,1-2H3,(H,22,23)/t12-,13+/m1/s1. The first-order chi connectivity index (χ1) is 10.8. The molecule has 2 aliphatic carbocycles. The van der Waals surface area contributed by atoms with Gasteiger partial charge in [-0.3, -0.25) is 14.4 Å². The van der Waals surface area contributed by atoms with E-state index in [0.717, 1.165) is 12.8 Å². The summed E-state index contributed by atoms with van der Waals surface area (Å²) in [5, 5.41) is 9.11. The van der Waals surface area contributed by atoms with Crippen molar-refractivity contribution in [3.8, 4) is 0 Å². The van der Waals surface area contributed by atoms with Gasteiger partial charge in [0.25, 0.3) is 0 Å². The Morgan fingerprint density at radius 2 is 1.52 bits per heavy atom. The highest BCUT2D eigenvalue weighted by Gasteiger charge is 2.44. The van der Waals surface area contributed by atoms with Crippen LogP contribution in [0.15, 0.2) is 0 Å². The van der Waals surface area contributed by atoms with Gasteiger partial charge in [-0.2, -0.15) is 0 Å². The Morgan fingerprint density at radius 1 is 0.913 bits per heavy atom. The Hall–Kier alpha value is -1.59. The van der Waals surface area contributed by atoms with Crippen LogP contribution in [0.25, 0.3) is 0 Å². The normalized spacial score (nSPS) is 30.3. The Bertz CT molecular complexity index is 527. The molecular formula is C17H26N2O4. The first-order valence-electron chi connectivity index (χ1n) is 8.62. The molecule has 0 aromatic rings. The third-order valence-electron chi connectivity index (χ3n) is 5.54. The zero-order chi connectivity index (χ0) is 16.8. The van der Waals surface area contributed by atoms with E-state index in [-0.39, 0.29) is 35.1 Å². The number of nitrogens with zero attached hydrogens (tertiary/aromatic N) is 2. The lowest BCUT2D eigenvalue weighted by Crippen LogP contribution is -2.63. The average molecular weight is 322 g/mol. The molecule has 1 aliphatic heterocycles. The smallest absolute Gasteiger partial charge is 0.306 e. The highest BCUT2D eigenvalue weighted by molar-refractivity contribution is 5.83. The van der Waals surface area contributed by atoms with Crippen molar-refractivity contribution in [3.63, 3.8) is 0 Å². The molecule has 23 heavy (non-hydrogen) atoms. The number of hydrogen-bond acceptors (Lipinski definition) is 3. The molecule has 0 unspecified atom stereocenters. The monoisotopic (exact) mass is 322 g/mol. The molecule has 128 valence electrons. The molecule has 3 rings (SSSR count). The minimum absolute atomic E-state index is 0.0669. The topological polar surface area (TPSA) is 77.9 Å². The number of carboxylic acids is 1. The van der Waals surface area contributed by atoms with Crippen LogP contribution in [0.1, 0.15) is 46.0 Å². The second kappa shape index (κ2) is 5.80. The maximum Gasteiger partial charge on any atom is 0.306 e. The van der Waals surface area contributed by atoms with Crippen LogP contribution >= 0.6 is 0 Å². The van der Waals surface area contributed by atoms with E-state index >= 15 is 0 Å². The lowest BCUT2D eigenvalue weighted by atomic mass is 9.94. The number of rotatable bonds is 3. The zero-order valence-electron chi connectivity index (χ0n) is 14.0. The van der Waals surface area contributed by atoms with Crippen LogP contribution in [0.3, 0.4) is 0 Å². The fourth-order valence-corrected chi connectivity index (χ4v) is 3.99. The van der Waals surface area contributed by atoms with E-state index in [2.05, 4.69) is 0 Å². The molecule has 1 saturated heterocycles. The fraction of sp³-hybridized carbons (Fsp3) is 0.824. The van der Waals surface area contributed by atoms with Crippen molar-refractivity contribution >= 4 is 17.8 Å². The summed E-state index contributed by atoms with van der Waals surface area (Å²) in [7, 11) is 0. The molecule has 6 nitrogen and oxygen atoms in total. The van der Waals surface area contributed by atoms with Crippen LogP contribution in [0.2, 0.25) is 0 Å². The Labute approximate surface area is 136 Å². The van der Waals surface area contributed by atoms with Crippen LogP contribution in [-0.2, 0) is 14.4 Å². The van der Waals surface area contributed by atoms with Gasteiger partial charge in [0.2, 0.25) is 11.8 Å². The zero-order valence-corrected chi connectivity index (χ0v) is 14.0. The summed E-state index contributed by atoms with van der Waals surface area (Å²) in [5.74, 6) is -0.848. The molecule has 0 aromatic carbocycles. The van der Waals surface area contributed by atoms with Gasteiger partial charge in [0, 0.05) is 31.5 Å². The molecule has 2 saturated carbocycles. The van der Waals surface area contributed by atoms with Crippen LogP contribution in [0.5, 0.6) is 0 Å². The summed E-state index contributed by atoms with van der Waals surface area (Å²) >= 11 is 0. The Kier molecular flexibility index (Phi) is 4.10. The fourth-order valence-electron chi connectivity index (χ4n) is 3.99. The van der Waals surface area contributed by atoms with E-state index in [9.17, 15) is 14.4 Å². The molecule has 3 aliphatic rings. The van der Waals surface area contributed by atoms with Crippen molar-refractivity contribution in [3.05, 3.63) is 0 Å². The largest absolute Gasteiger partial charge is 0.481 e. The van der Waals surface area contributed by atoms with Gasteiger partial charge in [-0.1, -0.05) is 0 Å². The van der Waals surface area contributed by atoms with E-state index in [0.29, 0.717) is 38.9 Å². The van der Waals surface area contributed by atoms with Crippen molar-refractivity contribution in [2.45, 2.75) is 51.5 Å². The van der Waals surface area contributed by atoms with Gasteiger partial charge in [0.15, 0.2) is 0 Å². The third kappa shape index (κ3) is 3.21. The number of hydrogen-bond donors (Lipinski definition) is 1. The molecule has 2 atom stereocenters. The van der Waals surface area contributed by atoms with Gasteiger partial charge in [0.1, 0.15) is 0 Å². The molecule has 0 bridgehead atoms. The number of amides is 2. The first-order valence-corrected chi connectivity index (χ1v) is 8.62. The number of piperazine rings is 1. The van der Waals surface area contributed by atoms with Crippen molar-refractivity contribution in [2.24, 2.45) is 17.8 Å². The molecule has 6 heteroatoms. The van der Waals surface area contributed by atoms with Gasteiger partial charge >= 0.3 is 5.97 Å². The summed E-state index contributed by atoms with van der Waals surface area (Å²) in [6.07, 6.45) is 3.69. The van der Waals surface area contributed by atoms with E-state index in [1.54, 1.807) is 0 Å².